The molecule has 1 aromatic rings. The van der Waals surface area contributed by atoms with Gasteiger partial charge in [-0.05, 0) is 43.9 Å². The molecule has 3 atom stereocenters. The van der Waals surface area contributed by atoms with Crippen LogP contribution in [0.4, 0.5) is 13.2 Å². The molecule has 0 aromatic heterocycles. The van der Waals surface area contributed by atoms with Crippen molar-refractivity contribution < 1.29 is 17.9 Å². The third-order valence-corrected chi connectivity index (χ3v) is 3.93. The SMILES string of the molecule is CC(NCC1CCOC1C)c1cccc(C(F)(F)F)c1. The summed E-state index contributed by atoms with van der Waals surface area (Å²) in [4.78, 5) is 0. The highest BCUT2D eigenvalue weighted by Gasteiger charge is 2.31. The molecular formula is C15H20F3NO. The second-order valence-electron chi connectivity index (χ2n) is 5.38. The van der Waals surface area contributed by atoms with Crippen LogP contribution in [0.25, 0.3) is 0 Å². The standard InChI is InChI=1S/C15H20F3NO/c1-10(19-9-13-6-7-20-11(13)2)12-4-3-5-14(8-12)15(16,17)18/h3-5,8,10-11,13,19H,6-7,9H2,1-2H3. The topological polar surface area (TPSA) is 21.3 Å². The van der Waals surface area contributed by atoms with E-state index in [9.17, 15) is 13.2 Å². The molecule has 1 aliphatic rings. The van der Waals surface area contributed by atoms with Gasteiger partial charge in [-0.25, -0.2) is 0 Å². The van der Waals surface area contributed by atoms with Crippen LogP contribution >= 0.6 is 0 Å². The summed E-state index contributed by atoms with van der Waals surface area (Å²) in [6.07, 6.45) is -3.07. The molecule has 20 heavy (non-hydrogen) atoms. The number of hydrogen-bond acceptors (Lipinski definition) is 2. The number of hydrogen-bond donors (Lipinski definition) is 1. The highest BCUT2D eigenvalue weighted by Crippen LogP contribution is 2.30. The molecule has 1 aliphatic heterocycles. The van der Waals surface area contributed by atoms with Crippen LogP contribution in [0.15, 0.2) is 24.3 Å². The van der Waals surface area contributed by atoms with E-state index in [-0.39, 0.29) is 12.1 Å². The molecule has 0 bridgehead atoms. The maximum Gasteiger partial charge on any atom is 0.416 e. The zero-order valence-electron chi connectivity index (χ0n) is 11.7. The van der Waals surface area contributed by atoms with Crippen molar-refractivity contribution in [3.8, 4) is 0 Å². The van der Waals surface area contributed by atoms with Crippen molar-refractivity contribution in [3.63, 3.8) is 0 Å². The average molecular weight is 287 g/mol. The molecule has 0 saturated carbocycles. The summed E-state index contributed by atoms with van der Waals surface area (Å²) in [6.45, 7) is 5.45. The zero-order valence-corrected chi connectivity index (χ0v) is 11.7. The van der Waals surface area contributed by atoms with Crippen LogP contribution in [0.5, 0.6) is 0 Å². The van der Waals surface area contributed by atoms with E-state index in [4.69, 9.17) is 4.74 Å². The molecule has 3 unspecified atom stereocenters. The lowest BCUT2D eigenvalue weighted by Crippen LogP contribution is -2.29. The van der Waals surface area contributed by atoms with Crippen LogP contribution in [0.3, 0.4) is 0 Å². The van der Waals surface area contributed by atoms with Gasteiger partial charge in [0.1, 0.15) is 0 Å². The Morgan fingerprint density at radius 3 is 2.75 bits per heavy atom. The van der Waals surface area contributed by atoms with Gasteiger partial charge >= 0.3 is 6.18 Å². The van der Waals surface area contributed by atoms with Crippen molar-refractivity contribution in [2.45, 2.75) is 38.6 Å². The first kappa shape index (κ1) is 15.3. The van der Waals surface area contributed by atoms with Crippen molar-refractivity contribution in [3.05, 3.63) is 35.4 Å². The Bertz CT molecular complexity index is 447. The third kappa shape index (κ3) is 3.73. The second kappa shape index (κ2) is 6.14. The van der Waals surface area contributed by atoms with Gasteiger partial charge in [-0.15, -0.1) is 0 Å². The van der Waals surface area contributed by atoms with E-state index in [2.05, 4.69) is 5.32 Å². The van der Waals surface area contributed by atoms with Crippen LogP contribution < -0.4 is 5.32 Å². The number of nitrogens with one attached hydrogen (secondary N) is 1. The normalized spacial score (nSPS) is 24.9. The monoisotopic (exact) mass is 287 g/mol. The van der Waals surface area contributed by atoms with Gasteiger partial charge in [0.2, 0.25) is 0 Å². The molecule has 0 amide bonds. The summed E-state index contributed by atoms with van der Waals surface area (Å²) in [7, 11) is 0. The Hall–Kier alpha value is -1.07. The van der Waals surface area contributed by atoms with Gasteiger partial charge in [-0.3, -0.25) is 0 Å². The summed E-state index contributed by atoms with van der Waals surface area (Å²) < 4.78 is 43.5. The summed E-state index contributed by atoms with van der Waals surface area (Å²) in [5.74, 6) is 0.434. The third-order valence-electron chi connectivity index (χ3n) is 3.93. The van der Waals surface area contributed by atoms with Gasteiger partial charge in [-0.2, -0.15) is 13.2 Å². The fourth-order valence-corrected chi connectivity index (χ4v) is 2.47. The molecule has 1 aromatic carbocycles. The molecule has 1 heterocycles. The maximum atomic E-state index is 12.7. The minimum Gasteiger partial charge on any atom is -0.378 e. The lowest BCUT2D eigenvalue weighted by Gasteiger charge is -2.20. The Morgan fingerprint density at radius 2 is 2.15 bits per heavy atom. The summed E-state index contributed by atoms with van der Waals surface area (Å²) >= 11 is 0. The zero-order chi connectivity index (χ0) is 14.8. The molecule has 0 radical (unpaired) electrons. The van der Waals surface area contributed by atoms with Gasteiger partial charge in [0.25, 0.3) is 0 Å². The van der Waals surface area contributed by atoms with E-state index in [1.807, 2.05) is 13.8 Å². The van der Waals surface area contributed by atoms with Crippen LogP contribution in [-0.4, -0.2) is 19.3 Å². The quantitative estimate of drug-likeness (QED) is 0.910. The van der Waals surface area contributed by atoms with Gasteiger partial charge < -0.3 is 10.1 Å². The number of rotatable bonds is 4. The van der Waals surface area contributed by atoms with Crippen molar-refractivity contribution in [1.82, 2.24) is 5.32 Å². The highest BCUT2D eigenvalue weighted by atomic mass is 19.4. The predicted octanol–water partition coefficient (Wildman–Crippen LogP) is 3.78. The molecule has 0 spiro atoms. The molecule has 1 fully saturated rings. The molecule has 5 heteroatoms. The lowest BCUT2D eigenvalue weighted by molar-refractivity contribution is -0.137. The molecule has 2 rings (SSSR count). The van der Waals surface area contributed by atoms with E-state index in [0.717, 1.165) is 25.6 Å². The van der Waals surface area contributed by atoms with Crippen LogP contribution in [0, 0.1) is 5.92 Å². The first-order chi connectivity index (χ1) is 9.38. The van der Waals surface area contributed by atoms with E-state index >= 15 is 0 Å². The van der Waals surface area contributed by atoms with E-state index < -0.39 is 11.7 Å². The second-order valence-corrected chi connectivity index (χ2v) is 5.38. The molecule has 0 aliphatic carbocycles. The van der Waals surface area contributed by atoms with E-state index in [0.29, 0.717) is 11.5 Å². The van der Waals surface area contributed by atoms with Crippen molar-refractivity contribution in [2.75, 3.05) is 13.2 Å². The van der Waals surface area contributed by atoms with Crippen molar-refractivity contribution in [2.24, 2.45) is 5.92 Å². The largest absolute Gasteiger partial charge is 0.416 e. The van der Waals surface area contributed by atoms with Crippen LogP contribution in [0.2, 0.25) is 0 Å². The first-order valence-corrected chi connectivity index (χ1v) is 6.90. The number of alkyl halides is 3. The number of benzene rings is 1. The summed E-state index contributed by atoms with van der Waals surface area (Å²) in [6, 6.07) is 5.39. The Kier molecular flexibility index (Phi) is 4.70. The smallest absolute Gasteiger partial charge is 0.378 e. The Balaban J connectivity index is 1.97. The number of ether oxygens (including phenoxy) is 1. The van der Waals surface area contributed by atoms with E-state index in [1.165, 1.54) is 12.1 Å². The minimum atomic E-state index is -4.29. The number of halogens is 3. The lowest BCUT2D eigenvalue weighted by atomic mass is 10.0. The van der Waals surface area contributed by atoms with Gasteiger partial charge in [0.15, 0.2) is 0 Å². The molecule has 112 valence electrons. The molecule has 1 N–H and O–H groups in total. The van der Waals surface area contributed by atoms with Gasteiger partial charge in [0, 0.05) is 19.2 Å². The molecule has 1 saturated heterocycles. The molecular weight excluding hydrogens is 267 g/mol. The predicted molar refractivity (Wildman–Crippen MR) is 71.4 cm³/mol. The van der Waals surface area contributed by atoms with E-state index in [1.54, 1.807) is 6.07 Å². The fourth-order valence-electron chi connectivity index (χ4n) is 2.47. The first-order valence-electron chi connectivity index (χ1n) is 6.90. The van der Waals surface area contributed by atoms with Crippen molar-refractivity contribution >= 4 is 0 Å². The average Bonchev–Trinajstić information content (AvgIpc) is 2.81. The summed E-state index contributed by atoms with van der Waals surface area (Å²) in [5.41, 5.74) is 0.0626. The molecule has 2 nitrogen and oxygen atoms in total. The minimum absolute atomic E-state index is 0.106. The highest BCUT2D eigenvalue weighted by molar-refractivity contribution is 5.27. The summed E-state index contributed by atoms with van der Waals surface area (Å²) in [5, 5.41) is 3.30. The van der Waals surface area contributed by atoms with Crippen LogP contribution in [-0.2, 0) is 10.9 Å². The van der Waals surface area contributed by atoms with Crippen molar-refractivity contribution in [1.29, 1.82) is 0 Å². The Morgan fingerprint density at radius 1 is 1.40 bits per heavy atom. The van der Waals surface area contributed by atoms with Gasteiger partial charge in [-0.1, -0.05) is 12.1 Å². The van der Waals surface area contributed by atoms with Crippen LogP contribution in [0.1, 0.15) is 37.4 Å². The Labute approximate surface area is 117 Å². The van der Waals surface area contributed by atoms with Gasteiger partial charge in [0.05, 0.1) is 11.7 Å². The maximum absolute atomic E-state index is 12.7. The fraction of sp³-hybridized carbons (Fsp3) is 0.600.